The lowest BCUT2D eigenvalue weighted by atomic mass is 9.83. The van der Waals surface area contributed by atoms with Crippen LogP contribution in [-0.4, -0.2) is 47.8 Å². The minimum Gasteiger partial charge on any atom is -0.399 e. The number of anilines is 1. The molecule has 0 bridgehead atoms. The smallest absolute Gasteiger partial charge is 0.246 e. The number of nitrogens with one attached hydrogen (secondary N) is 3. The molecule has 1 aliphatic heterocycles. The van der Waals surface area contributed by atoms with Gasteiger partial charge < -0.3 is 26.6 Å². The molecule has 0 aromatic heterocycles. The van der Waals surface area contributed by atoms with Gasteiger partial charge in [0.15, 0.2) is 0 Å². The van der Waals surface area contributed by atoms with Crippen molar-refractivity contribution in [2.45, 2.75) is 84.1 Å². The largest absolute Gasteiger partial charge is 0.399 e. The molecule has 2 aromatic rings. The lowest BCUT2D eigenvalue weighted by molar-refractivity contribution is -0.147. The van der Waals surface area contributed by atoms with Gasteiger partial charge in [-0.05, 0) is 73.0 Å². The van der Waals surface area contributed by atoms with E-state index in [2.05, 4.69) is 28.1 Å². The van der Waals surface area contributed by atoms with Gasteiger partial charge in [-0.1, -0.05) is 51.1 Å². The summed E-state index contributed by atoms with van der Waals surface area (Å²) < 4.78 is 0. The fourth-order valence-electron chi connectivity index (χ4n) is 5.45. The first-order valence-corrected chi connectivity index (χ1v) is 13.5. The van der Waals surface area contributed by atoms with Crippen LogP contribution >= 0.6 is 0 Å². The number of nitrogens with zero attached hydrogens (tertiary/aromatic N) is 1. The van der Waals surface area contributed by atoms with Gasteiger partial charge in [-0.15, -0.1) is 0 Å². The number of carbonyl (C=O) groups excluding carboxylic acids is 3. The summed E-state index contributed by atoms with van der Waals surface area (Å²) >= 11 is 0. The molecule has 4 atom stereocenters. The number of benzene rings is 2. The molecular formula is C30H41N5O3. The maximum absolute atomic E-state index is 14.2. The minimum atomic E-state index is -0.799. The van der Waals surface area contributed by atoms with Gasteiger partial charge in [0.05, 0.1) is 12.1 Å². The van der Waals surface area contributed by atoms with Crippen molar-refractivity contribution >= 4 is 23.4 Å². The second kappa shape index (κ2) is 11.2. The van der Waals surface area contributed by atoms with Crippen LogP contribution in [-0.2, 0) is 33.8 Å². The van der Waals surface area contributed by atoms with Crippen LogP contribution in [0.4, 0.5) is 5.69 Å². The Labute approximate surface area is 225 Å². The third kappa shape index (κ3) is 5.85. The molecule has 4 rings (SSSR count). The summed E-state index contributed by atoms with van der Waals surface area (Å²) in [7, 11) is 1.70. The van der Waals surface area contributed by atoms with E-state index in [1.54, 1.807) is 18.9 Å². The molecule has 2 aliphatic rings. The lowest BCUT2D eigenvalue weighted by Gasteiger charge is -2.41. The summed E-state index contributed by atoms with van der Waals surface area (Å²) in [5, 5.41) is 9.13. The number of rotatable bonds is 6. The molecule has 8 nitrogen and oxygen atoms in total. The normalized spacial score (nSPS) is 20.5. The van der Waals surface area contributed by atoms with Crippen LogP contribution in [0.25, 0.3) is 0 Å². The first-order valence-electron chi connectivity index (χ1n) is 13.5. The van der Waals surface area contributed by atoms with Gasteiger partial charge in [-0.25, -0.2) is 0 Å². The number of amides is 3. The molecule has 0 fully saturated rings. The van der Waals surface area contributed by atoms with Crippen LogP contribution in [0.3, 0.4) is 0 Å². The molecule has 0 spiro atoms. The van der Waals surface area contributed by atoms with Crippen molar-refractivity contribution in [3.8, 4) is 0 Å². The molecule has 0 saturated carbocycles. The van der Waals surface area contributed by atoms with Crippen molar-refractivity contribution in [1.29, 1.82) is 0 Å². The van der Waals surface area contributed by atoms with Crippen molar-refractivity contribution in [2.75, 3.05) is 12.8 Å². The highest BCUT2D eigenvalue weighted by atomic mass is 16.2. The summed E-state index contributed by atoms with van der Waals surface area (Å²) in [6.07, 6.45) is 3.22. The average Bonchev–Trinajstić information content (AvgIpc) is 2.89. The second-order valence-electron chi connectivity index (χ2n) is 11.7. The summed E-state index contributed by atoms with van der Waals surface area (Å²) in [4.78, 5) is 42.5. The highest BCUT2D eigenvalue weighted by molar-refractivity contribution is 5.94. The molecule has 1 heterocycles. The Morgan fingerprint density at radius 3 is 2.50 bits per heavy atom. The molecule has 8 heteroatoms. The van der Waals surface area contributed by atoms with E-state index in [-0.39, 0.29) is 30.3 Å². The van der Waals surface area contributed by atoms with Gasteiger partial charge in [0.2, 0.25) is 17.7 Å². The predicted molar refractivity (Wildman–Crippen MR) is 149 cm³/mol. The van der Waals surface area contributed by atoms with Crippen LogP contribution in [0.5, 0.6) is 0 Å². The number of nitrogens with two attached hydrogens (primary N) is 1. The number of fused-ring (bicyclic) bond motifs is 2. The number of carbonyl (C=O) groups is 3. The van der Waals surface area contributed by atoms with Crippen molar-refractivity contribution in [1.82, 2.24) is 20.9 Å². The molecule has 38 heavy (non-hydrogen) atoms. The van der Waals surface area contributed by atoms with Crippen LogP contribution in [0, 0.1) is 5.41 Å². The zero-order valence-electron chi connectivity index (χ0n) is 23.1. The first-order chi connectivity index (χ1) is 18.0. The van der Waals surface area contributed by atoms with E-state index in [1.165, 1.54) is 5.56 Å². The number of likely N-dealkylation sites (N-methyl/N-ethyl adjacent to an activating group) is 1. The number of aryl methyl sites for hydroxylation is 1. The van der Waals surface area contributed by atoms with Crippen LogP contribution in [0.1, 0.15) is 68.8 Å². The van der Waals surface area contributed by atoms with Gasteiger partial charge in [0.25, 0.3) is 0 Å². The Kier molecular flexibility index (Phi) is 8.11. The van der Waals surface area contributed by atoms with E-state index in [9.17, 15) is 14.4 Å². The monoisotopic (exact) mass is 519 g/mol. The van der Waals surface area contributed by atoms with E-state index < -0.39 is 23.5 Å². The van der Waals surface area contributed by atoms with Crippen LogP contribution in [0.15, 0.2) is 42.5 Å². The van der Waals surface area contributed by atoms with Crippen molar-refractivity contribution < 1.29 is 14.4 Å². The highest BCUT2D eigenvalue weighted by Gasteiger charge is 2.42. The fourth-order valence-corrected chi connectivity index (χ4v) is 5.45. The Morgan fingerprint density at radius 2 is 1.79 bits per heavy atom. The van der Waals surface area contributed by atoms with E-state index in [0.29, 0.717) is 12.1 Å². The maximum Gasteiger partial charge on any atom is 0.246 e. The van der Waals surface area contributed by atoms with Crippen molar-refractivity contribution in [2.24, 2.45) is 5.41 Å². The molecular weight excluding hydrogens is 478 g/mol. The summed E-state index contributed by atoms with van der Waals surface area (Å²) in [6.45, 7) is 7.79. The van der Waals surface area contributed by atoms with Crippen molar-refractivity contribution in [3.05, 3.63) is 64.7 Å². The Morgan fingerprint density at radius 1 is 1.05 bits per heavy atom. The molecule has 0 radical (unpaired) electrons. The standard InChI is InChI=1S/C30H41N5O3/c1-18(32-5)27(36)34-26(30(2,3)4)29(38)35-17-20-13-14-22(31)15-21(20)16-25(35)28(37)33-24-12-8-10-19-9-6-7-11-23(19)24/h6-7,9,11,13-15,18,24-26,32H,8,10,12,16-17,31H2,1-5H3,(H,33,37)(H,34,36)/t18-,24+,25-,26?/m0/s1. The van der Waals surface area contributed by atoms with Gasteiger partial charge in [-0.3, -0.25) is 14.4 Å². The van der Waals surface area contributed by atoms with E-state index in [4.69, 9.17) is 5.73 Å². The highest BCUT2D eigenvalue weighted by Crippen LogP contribution is 2.32. The van der Waals surface area contributed by atoms with E-state index in [1.807, 2.05) is 51.1 Å². The Hall–Kier alpha value is -3.39. The number of hydrogen-bond acceptors (Lipinski definition) is 5. The van der Waals surface area contributed by atoms with Gasteiger partial charge in [0, 0.05) is 18.7 Å². The zero-order chi connectivity index (χ0) is 27.6. The molecule has 5 N–H and O–H groups in total. The molecule has 204 valence electrons. The SMILES string of the molecule is CN[C@@H](C)C(=O)NC(C(=O)N1Cc2ccc(N)cc2C[C@H]1C(=O)N[C@@H]1CCCc2ccccc21)C(C)(C)C. The molecule has 0 saturated heterocycles. The molecule has 3 amide bonds. The molecule has 2 aromatic carbocycles. The zero-order valence-corrected chi connectivity index (χ0v) is 23.1. The summed E-state index contributed by atoms with van der Waals surface area (Å²) in [5.41, 5.74) is 10.5. The summed E-state index contributed by atoms with van der Waals surface area (Å²) in [6, 6.07) is 11.8. The fraction of sp³-hybridized carbons (Fsp3) is 0.500. The third-order valence-corrected chi connectivity index (χ3v) is 7.86. The average molecular weight is 520 g/mol. The quantitative estimate of drug-likeness (QED) is 0.438. The van der Waals surface area contributed by atoms with Crippen LogP contribution in [0.2, 0.25) is 0 Å². The van der Waals surface area contributed by atoms with E-state index >= 15 is 0 Å². The number of nitrogen functional groups attached to an aromatic ring is 1. The third-order valence-electron chi connectivity index (χ3n) is 7.86. The summed E-state index contributed by atoms with van der Waals surface area (Å²) in [5.74, 6) is -0.706. The maximum atomic E-state index is 14.2. The minimum absolute atomic E-state index is 0.0961. The molecule has 1 aliphatic carbocycles. The predicted octanol–water partition coefficient (Wildman–Crippen LogP) is 2.85. The van der Waals surface area contributed by atoms with Crippen LogP contribution < -0.4 is 21.7 Å². The van der Waals surface area contributed by atoms with Gasteiger partial charge in [0.1, 0.15) is 12.1 Å². The number of hydrogen-bond donors (Lipinski definition) is 4. The Bertz CT molecular complexity index is 1200. The van der Waals surface area contributed by atoms with Gasteiger partial charge >= 0.3 is 0 Å². The molecule has 1 unspecified atom stereocenters. The van der Waals surface area contributed by atoms with Crippen molar-refractivity contribution in [3.63, 3.8) is 0 Å². The van der Waals surface area contributed by atoms with Gasteiger partial charge in [-0.2, -0.15) is 0 Å². The topological polar surface area (TPSA) is 117 Å². The lowest BCUT2D eigenvalue weighted by Crippen LogP contribution is -2.62. The van der Waals surface area contributed by atoms with E-state index in [0.717, 1.165) is 36.0 Å². The second-order valence-corrected chi connectivity index (χ2v) is 11.7. The first kappa shape index (κ1) is 27.6. The Balaban J connectivity index is 1.65.